The Balaban J connectivity index is 2.07. The van der Waals surface area contributed by atoms with Crippen LogP contribution in [-0.2, 0) is 6.61 Å². The predicted molar refractivity (Wildman–Crippen MR) is 96.0 cm³/mol. The van der Waals surface area contributed by atoms with E-state index in [0.717, 1.165) is 29.8 Å². The van der Waals surface area contributed by atoms with E-state index in [4.69, 9.17) is 0 Å². The van der Waals surface area contributed by atoms with Crippen LogP contribution in [0.2, 0.25) is 0 Å². The van der Waals surface area contributed by atoms with E-state index in [2.05, 4.69) is 24.9 Å². The van der Waals surface area contributed by atoms with E-state index < -0.39 is 5.97 Å². The third-order valence-electron chi connectivity index (χ3n) is 4.51. The summed E-state index contributed by atoms with van der Waals surface area (Å²) in [5, 5.41) is 19.9. The molecule has 1 aromatic heterocycles. The molecule has 0 aliphatic heterocycles. The average Bonchev–Trinajstić information content (AvgIpc) is 3.00. The number of allylic oxidation sites excluding steroid dienone is 2. The molecule has 0 unspecified atom stereocenters. The molecule has 0 saturated carbocycles. The monoisotopic (exact) mass is 343 g/mol. The average molecular weight is 343 g/mol. The molecule has 2 aromatic rings. The van der Waals surface area contributed by atoms with E-state index in [-0.39, 0.29) is 11.5 Å². The van der Waals surface area contributed by atoms with Crippen molar-refractivity contribution >= 4 is 22.9 Å². The van der Waals surface area contributed by atoms with Gasteiger partial charge in [0.05, 0.1) is 12.3 Å². The summed E-state index contributed by atoms with van der Waals surface area (Å²) in [6.07, 6.45) is 5.16. The zero-order chi connectivity index (χ0) is 17.3. The van der Waals surface area contributed by atoms with Gasteiger partial charge < -0.3 is 10.2 Å². The van der Waals surface area contributed by atoms with Crippen molar-refractivity contribution in [3.8, 4) is 11.3 Å². The highest BCUT2D eigenvalue weighted by Crippen LogP contribution is 2.41. The summed E-state index contributed by atoms with van der Waals surface area (Å²) in [5.41, 5.74) is 3.27. The number of carbonyl (C=O) groups is 1. The van der Waals surface area contributed by atoms with Crippen LogP contribution >= 0.6 is 11.3 Å². The SMILES string of the molecule is CC1(C)CC=C(c2nc(-c3ccccc3CO)c(C(=O)O)s2)CC1. The van der Waals surface area contributed by atoms with Crippen LogP contribution in [0.5, 0.6) is 0 Å². The maximum atomic E-state index is 11.7. The molecule has 5 heteroatoms. The number of benzene rings is 1. The molecule has 0 saturated heterocycles. The molecule has 0 amide bonds. The minimum atomic E-state index is -0.974. The van der Waals surface area contributed by atoms with Crippen molar-refractivity contribution in [1.29, 1.82) is 0 Å². The van der Waals surface area contributed by atoms with Gasteiger partial charge in [-0.2, -0.15) is 0 Å². The molecule has 1 aliphatic carbocycles. The molecule has 4 nitrogen and oxygen atoms in total. The van der Waals surface area contributed by atoms with Crippen molar-refractivity contribution in [1.82, 2.24) is 4.98 Å². The summed E-state index contributed by atoms with van der Waals surface area (Å²) >= 11 is 1.23. The Morgan fingerprint density at radius 3 is 2.71 bits per heavy atom. The van der Waals surface area contributed by atoms with E-state index in [0.29, 0.717) is 22.2 Å². The van der Waals surface area contributed by atoms with Crippen molar-refractivity contribution in [2.45, 2.75) is 39.7 Å². The van der Waals surface area contributed by atoms with E-state index in [9.17, 15) is 15.0 Å². The molecule has 1 heterocycles. The molecule has 0 bridgehead atoms. The Morgan fingerprint density at radius 1 is 1.33 bits per heavy atom. The van der Waals surface area contributed by atoms with E-state index in [1.165, 1.54) is 11.3 Å². The van der Waals surface area contributed by atoms with Gasteiger partial charge in [0.25, 0.3) is 0 Å². The maximum absolute atomic E-state index is 11.7. The van der Waals surface area contributed by atoms with Gasteiger partial charge in [0.15, 0.2) is 0 Å². The molecular weight excluding hydrogens is 322 g/mol. The zero-order valence-electron chi connectivity index (χ0n) is 13.9. The van der Waals surface area contributed by atoms with Crippen LogP contribution < -0.4 is 0 Å². The molecule has 126 valence electrons. The van der Waals surface area contributed by atoms with Crippen molar-refractivity contribution in [3.05, 3.63) is 45.8 Å². The normalized spacial score (nSPS) is 16.7. The third kappa shape index (κ3) is 3.28. The highest BCUT2D eigenvalue weighted by Gasteiger charge is 2.26. The van der Waals surface area contributed by atoms with Gasteiger partial charge in [0.2, 0.25) is 0 Å². The second-order valence-corrected chi connectivity index (χ2v) is 7.91. The topological polar surface area (TPSA) is 70.4 Å². The Kier molecular flexibility index (Phi) is 4.56. The fourth-order valence-corrected chi connectivity index (χ4v) is 3.93. The number of nitrogens with zero attached hydrogens (tertiary/aromatic N) is 1. The number of aromatic nitrogens is 1. The highest BCUT2D eigenvalue weighted by atomic mass is 32.1. The maximum Gasteiger partial charge on any atom is 0.348 e. The molecule has 2 N–H and O–H groups in total. The van der Waals surface area contributed by atoms with Crippen LogP contribution in [0.15, 0.2) is 30.3 Å². The number of hydrogen-bond acceptors (Lipinski definition) is 4. The number of aliphatic hydroxyl groups excluding tert-OH is 1. The van der Waals surface area contributed by atoms with E-state index >= 15 is 0 Å². The first kappa shape index (κ1) is 16.9. The molecule has 1 aromatic carbocycles. The van der Waals surface area contributed by atoms with Crippen LogP contribution in [0.3, 0.4) is 0 Å². The van der Waals surface area contributed by atoms with Gasteiger partial charge in [-0.1, -0.05) is 44.2 Å². The summed E-state index contributed by atoms with van der Waals surface area (Å²) in [6.45, 7) is 4.35. The van der Waals surface area contributed by atoms with Gasteiger partial charge in [0, 0.05) is 5.56 Å². The van der Waals surface area contributed by atoms with Crippen LogP contribution in [0.25, 0.3) is 16.8 Å². The minimum Gasteiger partial charge on any atom is -0.477 e. The van der Waals surface area contributed by atoms with Gasteiger partial charge in [-0.3, -0.25) is 0 Å². The molecule has 0 radical (unpaired) electrons. The number of hydrogen-bond donors (Lipinski definition) is 2. The van der Waals surface area contributed by atoms with Crippen LogP contribution in [0.1, 0.15) is 53.4 Å². The van der Waals surface area contributed by atoms with Crippen LogP contribution in [0, 0.1) is 5.41 Å². The van der Waals surface area contributed by atoms with Crippen molar-refractivity contribution < 1.29 is 15.0 Å². The number of carboxylic acid groups (broad SMARTS) is 1. The largest absolute Gasteiger partial charge is 0.477 e. The lowest BCUT2D eigenvalue weighted by Crippen LogP contribution is -2.13. The second kappa shape index (κ2) is 6.49. The quantitative estimate of drug-likeness (QED) is 0.851. The van der Waals surface area contributed by atoms with Gasteiger partial charge in [0.1, 0.15) is 9.88 Å². The summed E-state index contributed by atoms with van der Waals surface area (Å²) in [6, 6.07) is 7.27. The molecule has 1 aliphatic rings. The van der Waals surface area contributed by atoms with Gasteiger partial charge in [-0.25, -0.2) is 9.78 Å². The first-order valence-corrected chi connectivity index (χ1v) is 8.85. The summed E-state index contributed by atoms with van der Waals surface area (Å²) in [5.74, 6) is -0.974. The van der Waals surface area contributed by atoms with Crippen molar-refractivity contribution in [2.24, 2.45) is 5.41 Å². The smallest absolute Gasteiger partial charge is 0.348 e. The molecular formula is C19H21NO3S. The lowest BCUT2D eigenvalue weighted by atomic mass is 9.78. The fraction of sp³-hybridized carbons (Fsp3) is 0.368. The number of rotatable bonds is 4. The standard InChI is InChI=1S/C19H21NO3S/c1-19(2)9-7-12(8-10-19)17-20-15(16(24-17)18(22)23)14-6-4-3-5-13(14)11-21/h3-7,21H,8-11H2,1-2H3,(H,22,23). The van der Waals surface area contributed by atoms with Crippen LogP contribution in [0.4, 0.5) is 0 Å². The molecule has 3 rings (SSSR count). The molecule has 0 fully saturated rings. The first-order valence-electron chi connectivity index (χ1n) is 8.04. The minimum absolute atomic E-state index is 0.140. The number of carboxylic acids is 1. The van der Waals surface area contributed by atoms with Gasteiger partial charge >= 0.3 is 5.97 Å². The lowest BCUT2D eigenvalue weighted by Gasteiger charge is -2.27. The fourth-order valence-electron chi connectivity index (χ4n) is 2.95. The number of aliphatic hydroxyl groups is 1. The van der Waals surface area contributed by atoms with Crippen LogP contribution in [-0.4, -0.2) is 21.2 Å². The summed E-state index contributed by atoms with van der Waals surface area (Å²) < 4.78 is 0. The summed E-state index contributed by atoms with van der Waals surface area (Å²) in [7, 11) is 0. The van der Waals surface area contributed by atoms with Crippen molar-refractivity contribution in [3.63, 3.8) is 0 Å². The number of thiazole rings is 1. The van der Waals surface area contributed by atoms with E-state index in [1.807, 2.05) is 18.2 Å². The Hall–Kier alpha value is -1.98. The Morgan fingerprint density at radius 2 is 2.08 bits per heavy atom. The van der Waals surface area contributed by atoms with Crippen molar-refractivity contribution in [2.75, 3.05) is 0 Å². The zero-order valence-corrected chi connectivity index (χ0v) is 14.7. The van der Waals surface area contributed by atoms with Gasteiger partial charge in [-0.15, -0.1) is 11.3 Å². The number of aromatic carboxylic acids is 1. The van der Waals surface area contributed by atoms with E-state index in [1.54, 1.807) is 6.07 Å². The third-order valence-corrected chi connectivity index (χ3v) is 5.63. The lowest BCUT2D eigenvalue weighted by molar-refractivity contribution is 0.0702. The predicted octanol–water partition coefficient (Wildman–Crippen LogP) is 4.59. The highest BCUT2D eigenvalue weighted by molar-refractivity contribution is 7.15. The molecule has 0 atom stereocenters. The molecule has 24 heavy (non-hydrogen) atoms. The summed E-state index contributed by atoms with van der Waals surface area (Å²) in [4.78, 5) is 16.6. The Bertz CT molecular complexity index is 805. The first-order chi connectivity index (χ1) is 11.4. The Labute approximate surface area is 145 Å². The van der Waals surface area contributed by atoms with Gasteiger partial charge in [-0.05, 0) is 35.8 Å². The second-order valence-electron chi connectivity index (χ2n) is 6.91. The molecule has 0 spiro atoms.